The first-order chi connectivity index (χ1) is 16.7. The van der Waals surface area contributed by atoms with E-state index in [0.29, 0.717) is 42.7 Å². The molecule has 5 heterocycles. The van der Waals surface area contributed by atoms with Crippen molar-refractivity contribution < 1.29 is 14.3 Å². The molecule has 172 valence electrons. The number of fused-ring (bicyclic) bond motifs is 1. The third-order valence-electron chi connectivity index (χ3n) is 6.67. The van der Waals surface area contributed by atoms with Crippen LogP contribution in [0.4, 0.5) is 5.82 Å². The van der Waals surface area contributed by atoms with Crippen LogP contribution in [0.5, 0.6) is 5.75 Å². The molecule has 1 aromatic carbocycles. The van der Waals surface area contributed by atoms with Gasteiger partial charge >= 0.3 is 0 Å². The molecular formula is C25H24N6O3. The fourth-order valence-corrected chi connectivity index (χ4v) is 4.71. The number of hydrogen-bond acceptors (Lipinski definition) is 9. The summed E-state index contributed by atoms with van der Waals surface area (Å²) in [6.45, 7) is 1.16. The smallest absolute Gasteiger partial charge is 0.268 e. The molecule has 34 heavy (non-hydrogen) atoms. The van der Waals surface area contributed by atoms with Crippen LogP contribution in [-0.4, -0.2) is 55.3 Å². The minimum atomic E-state index is -0.622. The van der Waals surface area contributed by atoms with Crippen molar-refractivity contribution in [2.45, 2.75) is 37.4 Å². The number of aliphatic hydroxyl groups is 1. The Morgan fingerprint density at radius 2 is 1.85 bits per heavy atom. The van der Waals surface area contributed by atoms with Gasteiger partial charge in [0.15, 0.2) is 5.82 Å². The minimum Gasteiger partial charge on any atom is -0.484 e. The Balaban J connectivity index is 1.13. The van der Waals surface area contributed by atoms with E-state index >= 15 is 0 Å². The van der Waals surface area contributed by atoms with Gasteiger partial charge in [-0.05, 0) is 54.3 Å². The van der Waals surface area contributed by atoms with E-state index in [1.807, 2.05) is 47.4 Å². The van der Waals surface area contributed by atoms with Gasteiger partial charge in [0.2, 0.25) is 5.89 Å². The van der Waals surface area contributed by atoms with Gasteiger partial charge in [0.1, 0.15) is 23.1 Å². The number of β-amino-alcohol motifs (C(OH)–C–C–N with tert-alkyl or cyclic N) is 1. The highest BCUT2D eigenvalue weighted by atomic mass is 16.5. The summed E-state index contributed by atoms with van der Waals surface area (Å²) in [5.41, 5.74) is 2.21. The van der Waals surface area contributed by atoms with Crippen molar-refractivity contribution in [3.63, 3.8) is 0 Å². The van der Waals surface area contributed by atoms with E-state index in [2.05, 4.69) is 31.4 Å². The van der Waals surface area contributed by atoms with Crippen LogP contribution < -0.4 is 9.64 Å². The zero-order valence-electron chi connectivity index (χ0n) is 18.5. The summed E-state index contributed by atoms with van der Waals surface area (Å²) in [6, 6.07) is 15.6. The highest BCUT2D eigenvalue weighted by Crippen LogP contribution is 2.40. The highest BCUT2D eigenvalue weighted by molar-refractivity contribution is 5.50. The van der Waals surface area contributed by atoms with E-state index in [4.69, 9.17) is 9.15 Å². The number of benzene rings is 1. The molecule has 9 heteroatoms. The molecule has 2 unspecified atom stereocenters. The second kappa shape index (κ2) is 8.49. The molecule has 4 aromatic rings. The number of aliphatic hydroxyl groups excluding tert-OH is 1. The van der Waals surface area contributed by atoms with Crippen LogP contribution in [0.15, 0.2) is 65.3 Å². The van der Waals surface area contributed by atoms with Crippen molar-refractivity contribution >= 4 is 5.82 Å². The molecule has 1 N–H and O–H groups in total. The minimum absolute atomic E-state index is 0.329. The molecule has 0 bridgehead atoms. The Morgan fingerprint density at radius 1 is 0.971 bits per heavy atom. The van der Waals surface area contributed by atoms with Gasteiger partial charge in [-0.25, -0.2) is 0 Å². The number of para-hydroxylation sites is 1. The Labute approximate surface area is 196 Å². The van der Waals surface area contributed by atoms with Crippen molar-refractivity contribution in [2.24, 2.45) is 0 Å². The number of rotatable bonds is 4. The molecule has 1 saturated heterocycles. The largest absolute Gasteiger partial charge is 0.484 e. The summed E-state index contributed by atoms with van der Waals surface area (Å²) in [5, 5.41) is 27.9. The Hall–Kier alpha value is -3.85. The van der Waals surface area contributed by atoms with Gasteiger partial charge in [0, 0.05) is 31.9 Å². The number of aromatic nitrogens is 5. The molecule has 9 nitrogen and oxygen atoms in total. The predicted molar refractivity (Wildman–Crippen MR) is 123 cm³/mol. The van der Waals surface area contributed by atoms with Crippen molar-refractivity contribution in [3.8, 4) is 17.3 Å². The maximum Gasteiger partial charge on any atom is 0.268 e. The molecule has 3 aromatic heterocycles. The SMILES string of the molecule is OC1CN(c2ccc(-c3nnc(Cc4ccncc4)o3)nn2)CCC12CCc1ccccc1O2. The van der Waals surface area contributed by atoms with Gasteiger partial charge in [0.05, 0.1) is 6.42 Å². The zero-order valence-corrected chi connectivity index (χ0v) is 18.5. The fourth-order valence-electron chi connectivity index (χ4n) is 4.71. The summed E-state index contributed by atoms with van der Waals surface area (Å²) < 4.78 is 12.1. The van der Waals surface area contributed by atoms with E-state index in [0.717, 1.165) is 30.7 Å². The highest BCUT2D eigenvalue weighted by Gasteiger charge is 2.46. The molecule has 0 saturated carbocycles. The molecule has 2 atom stereocenters. The Kier molecular flexibility index (Phi) is 5.18. The summed E-state index contributed by atoms with van der Waals surface area (Å²) in [7, 11) is 0. The zero-order chi connectivity index (χ0) is 23.0. The van der Waals surface area contributed by atoms with Crippen LogP contribution in [0.3, 0.4) is 0 Å². The molecule has 0 amide bonds. The molecule has 6 rings (SSSR count). The number of nitrogens with zero attached hydrogens (tertiary/aromatic N) is 6. The van der Waals surface area contributed by atoms with Crippen molar-refractivity contribution in [1.29, 1.82) is 0 Å². The quantitative estimate of drug-likeness (QED) is 0.495. The second-order valence-electron chi connectivity index (χ2n) is 8.80. The molecule has 0 aliphatic carbocycles. The van der Waals surface area contributed by atoms with Crippen LogP contribution >= 0.6 is 0 Å². The van der Waals surface area contributed by atoms with Crippen LogP contribution in [-0.2, 0) is 12.8 Å². The van der Waals surface area contributed by atoms with Crippen LogP contribution in [0, 0.1) is 0 Å². The maximum absolute atomic E-state index is 11.0. The predicted octanol–water partition coefficient (Wildman–Crippen LogP) is 2.85. The molecule has 2 aliphatic rings. The summed E-state index contributed by atoms with van der Waals surface area (Å²) in [4.78, 5) is 6.05. The van der Waals surface area contributed by atoms with Crippen molar-refractivity contribution in [1.82, 2.24) is 25.4 Å². The van der Waals surface area contributed by atoms with Crippen LogP contribution in [0.25, 0.3) is 11.6 Å². The lowest BCUT2D eigenvalue weighted by atomic mass is 9.81. The van der Waals surface area contributed by atoms with E-state index in [9.17, 15) is 5.11 Å². The average molecular weight is 457 g/mol. The van der Waals surface area contributed by atoms with Crippen LogP contribution in [0.2, 0.25) is 0 Å². The Bertz CT molecular complexity index is 1280. The first-order valence-corrected chi connectivity index (χ1v) is 11.4. The normalized spacial score (nSPS) is 21.8. The first kappa shape index (κ1) is 20.7. The number of hydrogen-bond donors (Lipinski definition) is 1. The van der Waals surface area contributed by atoms with Crippen LogP contribution in [0.1, 0.15) is 29.9 Å². The standard InChI is InChI=1S/C25H24N6O3/c32-21-16-31(14-11-25(21)10-7-18-3-1-2-4-20(18)34-25)22-6-5-19(27-28-22)24-30-29-23(33-24)15-17-8-12-26-13-9-17/h1-6,8-9,12-13,21,32H,7,10-11,14-16H2. The Morgan fingerprint density at radius 3 is 2.68 bits per heavy atom. The maximum atomic E-state index is 11.0. The van der Waals surface area contributed by atoms with E-state index in [1.54, 1.807) is 12.4 Å². The molecular weight excluding hydrogens is 432 g/mol. The van der Waals surface area contributed by atoms with Gasteiger partial charge in [-0.1, -0.05) is 18.2 Å². The molecule has 1 spiro atoms. The van der Waals surface area contributed by atoms with E-state index in [-0.39, 0.29) is 0 Å². The monoisotopic (exact) mass is 456 g/mol. The first-order valence-electron chi connectivity index (χ1n) is 11.4. The van der Waals surface area contributed by atoms with Crippen molar-refractivity contribution in [3.05, 3.63) is 77.9 Å². The summed E-state index contributed by atoms with van der Waals surface area (Å²) in [6.07, 6.45) is 5.81. The molecule has 0 radical (unpaired) electrons. The number of anilines is 1. The van der Waals surface area contributed by atoms with Crippen molar-refractivity contribution in [2.75, 3.05) is 18.0 Å². The number of pyridine rings is 1. The van der Waals surface area contributed by atoms with Gasteiger partial charge in [-0.2, -0.15) is 0 Å². The lowest BCUT2D eigenvalue weighted by molar-refractivity contribution is -0.0785. The van der Waals surface area contributed by atoms with Gasteiger partial charge in [-0.15, -0.1) is 20.4 Å². The fraction of sp³-hybridized carbons (Fsp3) is 0.320. The molecule has 2 aliphatic heterocycles. The summed E-state index contributed by atoms with van der Waals surface area (Å²) >= 11 is 0. The number of aryl methyl sites for hydroxylation is 1. The van der Waals surface area contributed by atoms with E-state index in [1.165, 1.54) is 5.56 Å². The number of ether oxygens (including phenoxy) is 1. The van der Waals surface area contributed by atoms with Gasteiger partial charge in [-0.3, -0.25) is 4.98 Å². The summed E-state index contributed by atoms with van der Waals surface area (Å²) in [5.74, 6) is 2.42. The lowest BCUT2D eigenvalue weighted by Gasteiger charge is -2.47. The van der Waals surface area contributed by atoms with E-state index < -0.39 is 11.7 Å². The number of piperidine rings is 1. The van der Waals surface area contributed by atoms with Gasteiger partial charge in [0.25, 0.3) is 5.89 Å². The second-order valence-corrected chi connectivity index (χ2v) is 8.80. The topological polar surface area (TPSA) is 110 Å². The molecule has 1 fully saturated rings. The lowest BCUT2D eigenvalue weighted by Crippen LogP contribution is -2.60. The third-order valence-corrected chi connectivity index (χ3v) is 6.67. The average Bonchev–Trinajstić information content (AvgIpc) is 3.35. The third kappa shape index (κ3) is 3.88. The van der Waals surface area contributed by atoms with Gasteiger partial charge < -0.3 is 19.2 Å².